The van der Waals surface area contributed by atoms with Gasteiger partial charge < -0.3 is 10.4 Å². The van der Waals surface area contributed by atoms with Gasteiger partial charge in [-0.05, 0) is 31.4 Å². The molecule has 0 radical (unpaired) electrons. The van der Waals surface area contributed by atoms with Crippen molar-refractivity contribution in [3.05, 3.63) is 29.3 Å². The summed E-state index contributed by atoms with van der Waals surface area (Å²) in [6.07, 6.45) is 6.53. The van der Waals surface area contributed by atoms with E-state index >= 15 is 0 Å². The van der Waals surface area contributed by atoms with Crippen LogP contribution in [0, 0.1) is 12.8 Å². The molecule has 1 aromatic rings. The molecular formula is C15H21NO2. The van der Waals surface area contributed by atoms with E-state index in [4.69, 9.17) is 5.11 Å². The van der Waals surface area contributed by atoms with Crippen LogP contribution in [0.2, 0.25) is 0 Å². The van der Waals surface area contributed by atoms with Crippen molar-refractivity contribution in [2.75, 3.05) is 11.9 Å². The first-order chi connectivity index (χ1) is 8.66. The van der Waals surface area contributed by atoms with Crippen LogP contribution >= 0.6 is 0 Å². The van der Waals surface area contributed by atoms with Gasteiger partial charge in [-0.2, -0.15) is 0 Å². The number of carboxylic acids is 1. The first-order valence-electron chi connectivity index (χ1n) is 6.74. The van der Waals surface area contributed by atoms with Crippen molar-refractivity contribution in [1.29, 1.82) is 0 Å². The highest BCUT2D eigenvalue weighted by atomic mass is 16.4. The zero-order valence-corrected chi connectivity index (χ0v) is 10.9. The smallest absolute Gasteiger partial charge is 0.337 e. The minimum atomic E-state index is -0.859. The summed E-state index contributed by atoms with van der Waals surface area (Å²) in [5.41, 5.74) is 2.10. The highest BCUT2D eigenvalue weighted by molar-refractivity contribution is 5.94. The van der Waals surface area contributed by atoms with E-state index < -0.39 is 5.97 Å². The monoisotopic (exact) mass is 247 g/mol. The van der Waals surface area contributed by atoms with Gasteiger partial charge in [0, 0.05) is 12.2 Å². The van der Waals surface area contributed by atoms with Gasteiger partial charge in [-0.25, -0.2) is 4.79 Å². The fraction of sp³-hybridized carbons (Fsp3) is 0.533. The Morgan fingerprint density at radius 3 is 2.78 bits per heavy atom. The summed E-state index contributed by atoms with van der Waals surface area (Å²) in [5, 5.41) is 12.4. The Kier molecular flexibility index (Phi) is 4.24. The number of aryl methyl sites for hydroxylation is 1. The zero-order valence-electron chi connectivity index (χ0n) is 10.9. The van der Waals surface area contributed by atoms with Crippen LogP contribution in [-0.2, 0) is 0 Å². The maximum absolute atomic E-state index is 11.2. The van der Waals surface area contributed by atoms with Crippen molar-refractivity contribution in [3.63, 3.8) is 0 Å². The molecule has 3 heteroatoms. The third-order valence-corrected chi connectivity index (χ3v) is 3.75. The van der Waals surface area contributed by atoms with Gasteiger partial charge in [-0.1, -0.05) is 37.3 Å². The number of rotatable bonds is 5. The quantitative estimate of drug-likeness (QED) is 0.834. The lowest BCUT2D eigenvalue weighted by Crippen LogP contribution is -2.10. The van der Waals surface area contributed by atoms with Crippen molar-refractivity contribution in [2.45, 2.75) is 39.0 Å². The average molecular weight is 247 g/mol. The maximum Gasteiger partial charge on any atom is 0.337 e. The molecule has 0 heterocycles. The number of carboxylic acid groups (broad SMARTS) is 1. The van der Waals surface area contributed by atoms with Crippen molar-refractivity contribution >= 4 is 11.7 Å². The van der Waals surface area contributed by atoms with Crippen LogP contribution in [0.15, 0.2) is 18.2 Å². The number of anilines is 1. The van der Waals surface area contributed by atoms with Gasteiger partial charge in [0.25, 0.3) is 0 Å². The number of hydrogen-bond donors (Lipinski definition) is 2. The van der Waals surface area contributed by atoms with Gasteiger partial charge in [-0.3, -0.25) is 0 Å². The van der Waals surface area contributed by atoms with Crippen LogP contribution in [0.4, 0.5) is 5.69 Å². The van der Waals surface area contributed by atoms with Gasteiger partial charge in [0.2, 0.25) is 0 Å². The van der Waals surface area contributed by atoms with E-state index in [9.17, 15) is 4.79 Å². The highest BCUT2D eigenvalue weighted by Gasteiger charge is 2.15. The molecular weight excluding hydrogens is 226 g/mol. The molecule has 0 bridgehead atoms. The molecule has 18 heavy (non-hydrogen) atoms. The van der Waals surface area contributed by atoms with Gasteiger partial charge in [0.15, 0.2) is 0 Å². The molecule has 1 aromatic carbocycles. The standard InChI is InChI=1S/C15H21NO2/c1-11-6-7-14(13(10-11)15(17)18)16-9-8-12-4-2-3-5-12/h6-7,10,12,16H,2-5,8-9H2,1H3,(H,17,18). The Balaban J connectivity index is 1.93. The van der Waals surface area contributed by atoms with Crippen molar-refractivity contribution in [2.24, 2.45) is 5.92 Å². The number of carbonyl (C=O) groups is 1. The van der Waals surface area contributed by atoms with Crippen LogP contribution in [-0.4, -0.2) is 17.6 Å². The number of benzene rings is 1. The second kappa shape index (κ2) is 5.89. The lowest BCUT2D eigenvalue weighted by molar-refractivity contribution is 0.0698. The van der Waals surface area contributed by atoms with Gasteiger partial charge >= 0.3 is 5.97 Å². The number of aromatic carboxylic acids is 1. The van der Waals surface area contributed by atoms with Gasteiger partial charge in [-0.15, -0.1) is 0 Å². The summed E-state index contributed by atoms with van der Waals surface area (Å²) in [4.78, 5) is 11.2. The average Bonchev–Trinajstić information content (AvgIpc) is 2.84. The summed E-state index contributed by atoms with van der Waals surface area (Å²) in [7, 11) is 0. The summed E-state index contributed by atoms with van der Waals surface area (Å²) >= 11 is 0. The number of nitrogens with one attached hydrogen (secondary N) is 1. The van der Waals surface area contributed by atoms with Crippen LogP contribution in [0.5, 0.6) is 0 Å². The SMILES string of the molecule is Cc1ccc(NCCC2CCCC2)c(C(=O)O)c1. The van der Waals surface area contributed by atoms with Crippen LogP contribution in [0.1, 0.15) is 48.0 Å². The maximum atomic E-state index is 11.2. The normalized spacial score (nSPS) is 15.8. The number of hydrogen-bond acceptors (Lipinski definition) is 2. The van der Waals surface area contributed by atoms with Gasteiger partial charge in [0.1, 0.15) is 0 Å². The van der Waals surface area contributed by atoms with Crippen molar-refractivity contribution in [1.82, 2.24) is 0 Å². The molecule has 2 rings (SSSR count). The molecule has 98 valence electrons. The molecule has 0 saturated heterocycles. The molecule has 0 amide bonds. The third-order valence-electron chi connectivity index (χ3n) is 3.75. The Hall–Kier alpha value is -1.51. The molecule has 0 aromatic heterocycles. The first kappa shape index (κ1) is 12.9. The van der Waals surface area contributed by atoms with Crippen LogP contribution in [0.25, 0.3) is 0 Å². The molecule has 0 aliphatic heterocycles. The lowest BCUT2D eigenvalue weighted by Gasteiger charge is -2.13. The molecule has 0 unspecified atom stereocenters. The minimum absolute atomic E-state index is 0.376. The molecule has 1 saturated carbocycles. The Morgan fingerprint density at radius 1 is 1.39 bits per heavy atom. The summed E-state index contributed by atoms with van der Waals surface area (Å²) in [5.74, 6) is -0.0294. The fourth-order valence-electron chi connectivity index (χ4n) is 2.70. The fourth-order valence-corrected chi connectivity index (χ4v) is 2.70. The highest BCUT2D eigenvalue weighted by Crippen LogP contribution is 2.27. The molecule has 0 spiro atoms. The predicted molar refractivity (Wildman–Crippen MR) is 73.2 cm³/mol. The Bertz CT molecular complexity index is 423. The van der Waals surface area contributed by atoms with E-state index in [1.807, 2.05) is 19.1 Å². The molecule has 1 aliphatic rings. The second-order valence-electron chi connectivity index (χ2n) is 5.22. The van der Waals surface area contributed by atoms with E-state index in [0.717, 1.165) is 30.1 Å². The summed E-state index contributed by atoms with van der Waals surface area (Å²) in [6, 6.07) is 5.54. The topological polar surface area (TPSA) is 49.3 Å². The molecule has 3 nitrogen and oxygen atoms in total. The molecule has 1 fully saturated rings. The van der Waals surface area contributed by atoms with E-state index in [2.05, 4.69) is 5.32 Å². The lowest BCUT2D eigenvalue weighted by atomic mass is 10.0. The van der Waals surface area contributed by atoms with E-state index in [-0.39, 0.29) is 0 Å². The van der Waals surface area contributed by atoms with Crippen molar-refractivity contribution < 1.29 is 9.90 Å². The molecule has 1 aliphatic carbocycles. The Labute approximate surface area is 108 Å². The van der Waals surface area contributed by atoms with E-state index in [1.165, 1.54) is 25.7 Å². The summed E-state index contributed by atoms with van der Waals surface area (Å²) < 4.78 is 0. The van der Waals surface area contributed by atoms with Crippen molar-refractivity contribution in [3.8, 4) is 0 Å². The second-order valence-corrected chi connectivity index (χ2v) is 5.22. The van der Waals surface area contributed by atoms with E-state index in [1.54, 1.807) is 6.07 Å². The minimum Gasteiger partial charge on any atom is -0.478 e. The predicted octanol–water partition coefficient (Wildman–Crippen LogP) is 3.69. The van der Waals surface area contributed by atoms with Crippen LogP contribution < -0.4 is 5.32 Å². The largest absolute Gasteiger partial charge is 0.478 e. The Morgan fingerprint density at radius 2 is 2.11 bits per heavy atom. The first-order valence-corrected chi connectivity index (χ1v) is 6.74. The summed E-state index contributed by atoms with van der Waals surface area (Å²) in [6.45, 7) is 2.78. The zero-order chi connectivity index (χ0) is 13.0. The molecule has 0 atom stereocenters. The van der Waals surface area contributed by atoms with Gasteiger partial charge in [0.05, 0.1) is 5.56 Å². The third kappa shape index (κ3) is 3.25. The molecule has 2 N–H and O–H groups in total. The van der Waals surface area contributed by atoms with E-state index in [0.29, 0.717) is 5.56 Å². The van der Waals surface area contributed by atoms with Crippen LogP contribution in [0.3, 0.4) is 0 Å².